The van der Waals surface area contributed by atoms with Crippen LogP contribution in [0.1, 0.15) is 12.8 Å². The van der Waals surface area contributed by atoms with E-state index in [1.807, 2.05) is 4.90 Å². The average molecular weight is 302 g/mol. The van der Waals surface area contributed by atoms with Crippen LogP contribution in [0, 0.1) is 16.0 Å². The summed E-state index contributed by atoms with van der Waals surface area (Å²) < 4.78 is 0. The fourth-order valence-corrected chi connectivity index (χ4v) is 2.64. The summed E-state index contributed by atoms with van der Waals surface area (Å²) in [7, 11) is 0. The second-order valence-electron chi connectivity index (χ2n) is 5.28. The van der Waals surface area contributed by atoms with Crippen molar-refractivity contribution in [2.24, 2.45) is 5.92 Å². The minimum Gasteiger partial charge on any atom is -0.481 e. The number of aromatic nitrogens is 2. The Kier molecular flexibility index (Phi) is 3.58. The Labute approximate surface area is 125 Å². The van der Waals surface area contributed by atoms with Crippen molar-refractivity contribution in [3.63, 3.8) is 0 Å². The Bertz CT molecular complexity index is 749. The number of carboxylic acid groups (broad SMARTS) is 1. The lowest BCUT2D eigenvalue weighted by molar-refractivity contribution is -0.384. The van der Waals surface area contributed by atoms with Gasteiger partial charge in [0.2, 0.25) is 0 Å². The number of aliphatic carboxylic acids is 1. The third kappa shape index (κ3) is 2.67. The van der Waals surface area contributed by atoms with Gasteiger partial charge in [-0.1, -0.05) is 0 Å². The van der Waals surface area contributed by atoms with Crippen LogP contribution in [0.4, 0.5) is 11.5 Å². The summed E-state index contributed by atoms with van der Waals surface area (Å²) in [4.78, 5) is 31.9. The van der Waals surface area contributed by atoms with E-state index < -0.39 is 16.8 Å². The lowest BCUT2D eigenvalue weighted by Crippen LogP contribution is -2.39. The summed E-state index contributed by atoms with van der Waals surface area (Å²) in [6, 6.07) is 4.32. The van der Waals surface area contributed by atoms with Crippen LogP contribution >= 0.6 is 0 Å². The maximum absolute atomic E-state index is 11.1. The monoisotopic (exact) mass is 302 g/mol. The van der Waals surface area contributed by atoms with E-state index in [4.69, 9.17) is 5.11 Å². The standard InChI is InChI=1S/C14H14N4O4/c19-14(20)9-2-1-5-17(8-9)13-7-15-12-6-10(18(21)22)3-4-11(12)16-13/h3-4,6-7,9H,1-2,5,8H2,(H,19,20)/t9-/m1/s1. The predicted molar refractivity (Wildman–Crippen MR) is 78.8 cm³/mol. The van der Waals surface area contributed by atoms with Crippen LogP contribution in [0.3, 0.4) is 0 Å². The highest BCUT2D eigenvalue weighted by atomic mass is 16.6. The zero-order valence-electron chi connectivity index (χ0n) is 11.7. The van der Waals surface area contributed by atoms with Crippen LogP contribution in [0.15, 0.2) is 24.4 Å². The maximum atomic E-state index is 11.1. The van der Waals surface area contributed by atoms with Gasteiger partial charge in [0, 0.05) is 25.2 Å². The number of carboxylic acids is 1. The summed E-state index contributed by atoms with van der Waals surface area (Å²) in [6.07, 6.45) is 2.99. The number of piperidine rings is 1. The van der Waals surface area contributed by atoms with Crippen molar-refractivity contribution in [1.82, 2.24) is 9.97 Å². The Morgan fingerprint density at radius 1 is 1.41 bits per heavy atom. The van der Waals surface area contributed by atoms with Crippen molar-refractivity contribution in [2.45, 2.75) is 12.8 Å². The fourth-order valence-electron chi connectivity index (χ4n) is 2.64. The maximum Gasteiger partial charge on any atom is 0.308 e. The molecule has 1 atom stereocenters. The van der Waals surface area contributed by atoms with E-state index >= 15 is 0 Å². The fraction of sp³-hybridized carbons (Fsp3) is 0.357. The van der Waals surface area contributed by atoms with Crippen LogP contribution in [-0.2, 0) is 4.79 Å². The van der Waals surface area contributed by atoms with Gasteiger partial charge >= 0.3 is 5.97 Å². The number of fused-ring (bicyclic) bond motifs is 1. The highest BCUT2D eigenvalue weighted by Gasteiger charge is 2.26. The first kappa shape index (κ1) is 14.2. The number of rotatable bonds is 3. The van der Waals surface area contributed by atoms with Crippen molar-refractivity contribution in [3.05, 3.63) is 34.5 Å². The van der Waals surface area contributed by atoms with Gasteiger partial charge in [-0.15, -0.1) is 0 Å². The van der Waals surface area contributed by atoms with Crippen molar-refractivity contribution in [2.75, 3.05) is 18.0 Å². The summed E-state index contributed by atoms with van der Waals surface area (Å²) in [6.45, 7) is 1.14. The molecule has 0 bridgehead atoms. The van der Waals surface area contributed by atoms with E-state index in [0.717, 1.165) is 13.0 Å². The van der Waals surface area contributed by atoms with Crippen molar-refractivity contribution >= 4 is 28.5 Å². The van der Waals surface area contributed by atoms with Crippen LogP contribution in [0.5, 0.6) is 0 Å². The molecular formula is C14H14N4O4. The first-order valence-corrected chi connectivity index (χ1v) is 6.93. The lowest BCUT2D eigenvalue weighted by Gasteiger charge is -2.31. The molecule has 2 aromatic rings. The highest BCUT2D eigenvalue weighted by molar-refractivity contribution is 5.78. The highest BCUT2D eigenvalue weighted by Crippen LogP contribution is 2.24. The lowest BCUT2D eigenvalue weighted by atomic mass is 9.98. The molecule has 0 aliphatic carbocycles. The zero-order chi connectivity index (χ0) is 15.7. The number of anilines is 1. The SMILES string of the molecule is O=C(O)[C@@H]1CCCN(c2cnc3cc([N+](=O)[O-])ccc3n2)C1. The normalized spacial score (nSPS) is 18.4. The molecule has 1 aromatic heterocycles. The molecule has 2 heterocycles. The molecule has 1 fully saturated rings. The van der Waals surface area contributed by atoms with E-state index in [9.17, 15) is 14.9 Å². The number of carbonyl (C=O) groups is 1. The largest absolute Gasteiger partial charge is 0.481 e. The molecule has 1 aliphatic rings. The molecule has 0 saturated carbocycles. The summed E-state index contributed by atoms with van der Waals surface area (Å²) in [5, 5.41) is 19.9. The van der Waals surface area contributed by atoms with Crippen LogP contribution in [0.2, 0.25) is 0 Å². The number of non-ortho nitro benzene ring substituents is 1. The zero-order valence-corrected chi connectivity index (χ0v) is 11.7. The molecule has 0 amide bonds. The molecule has 1 N–H and O–H groups in total. The van der Waals surface area contributed by atoms with E-state index in [1.165, 1.54) is 18.3 Å². The van der Waals surface area contributed by atoms with Gasteiger partial charge in [0.05, 0.1) is 28.1 Å². The number of nitro benzene ring substituents is 1. The minimum absolute atomic E-state index is 0.0292. The summed E-state index contributed by atoms with van der Waals surface area (Å²) >= 11 is 0. The third-order valence-corrected chi connectivity index (χ3v) is 3.82. The van der Waals surface area contributed by atoms with Gasteiger partial charge in [-0.05, 0) is 18.9 Å². The van der Waals surface area contributed by atoms with Crippen molar-refractivity contribution in [3.8, 4) is 0 Å². The molecule has 22 heavy (non-hydrogen) atoms. The van der Waals surface area contributed by atoms with Gasteiger partial charge in [0.25, 0.3) is 5.69 Å². The van der Waals surface area contributed by atoms with Gasteiger partial charge < -0.3 is 10.0 Å². The molecule has 8 heteroatoms. The van der Waals surface area contributed by atoms with E-state index in [1.54, 1.807) is 6.07 Å². The molecule has 1 saturated heterocycles. The van der Waals surface area contributed by atoms with Gasteiger partial charge in [0.15, 0.2) is 0 Å². The Hall–Kier alpha value is -2.77. The summed E-state index contributed by atoms with van der Waals surface area (Å²) in [5.74, 6) is -0.593. The van der Waals surface area contributed by atoms with E-state index in [-0.39, 0.29) is 5.69 Å². The summed E-state index contributed by atoms with van der Waals surface area (Å²) in [5.41, 5.74) is 0.976. The average Bonchev–Trinajstić information content (AvgIpc) is 2.53. The molecule has 8 nitrogen and oxygen atoms in total. The van der Waals surface area contributed by atoms with Crippen LogP contribution in [-0.4, -0.2) is 39.1 Å². The first-order chi connectivity index (χ1) is 10.5. The van der Waals surface area contributed by atoms with Crippen molar-refractivity contribution in [1.29, 1.82) is 0 Å². The Balaban J connectivity index is 1.90. The van der Waals surface area contributed by atoms with Gasteiger partial charge in [-0.25, -0.2) is 4.98 Å². The minimum atomic E-state index is -0.797. The van der Waals surface area contributed by atoms with Crippen LogP contribution < -0.4 is 4.90 Å². The van der Waals surface area contributed by atoms with Gasteiger partial charge in [-0.2, -0.15) is 0 Å². The molecule has 3 rings (SSSR count). The quantitative estimate of drug-likeness (QED) is 0.680. The second-order valence-corrected chi connectivity index (χ2v) is 5.28. The van der Waals surface area contributed by atoms with Crippen LogP contribution in [0.25, 0.3) is 11.0 Å². The van der Waals surface area contributed by atoms with Crippen molar-refractivity contribution < 1.29 is 14.8 Å². The number of hydrogen-bond donors (Lipinski definition) is 1. The topological polar surface area (TPSA) is 109 Å². The van der Waals surface area contributed by atoms with Gasteiger partial charge in [-0.3, -0.25) is 19.9 Å². The van der Waals surface area contributed by atoms with Gasteiger partial charge in [0.1, 0.15) is 5.82 Å². The van der Waals surface area contributed by atoms with E-state index in [0.29, 0.717) is 29.8 Å². The molecule has 1 aromatic carbocycles. The molecule has 0 radical (unpaired) electrons. The first-order valence-electron chi connectivity index (χ1n) is 6.93. The number of hydrogen-bond acceptors (Lipinski definition) is 6. The second kappa shape index (κ2) is 5.55. The molecular weight excluding hydrogens is 288 g/mol. The van der Waals surface area contributed by atoms with E-state index in [2.05, 4.69) is 9.97 Å². The smallest absolute Gasteiger partial charge is 0.308 e. The number of nitrogens with zero attached hydrogens (tertiary/aromatic N) is 4. The molecule has 0 unspecified atom stereocenters. The number of benzene rings is 1. The third-order valence-electron chi connectivity index (χ3n) is 3.82. The Morgan fingerprint density at radius 2 is 2.23 bits per heavy atom. The molecule has 0 spiro atoms. The molecule has 114 valence electrons. The Morgan fingerprint density at radius 3 is 2.95 bits per heavy atom. The number of nitro groups is 1. The molecule has 1 aliphatic heterocycles. The predicted octanol–water partition coefficient (Wildman–Crippen LogP) is 1.84.